The van der Waals surface area contributed by atoms with E-state index < -0.39 is 6.23 Å². The summed E-state index contributed by atoms with van der Waals surface area (Å²) in [5.41, 5.74) is 5.26. The van der Waals surface area contributed by atoms with E-state index in [0.29, 0.717) is 0 Å². The van der Waals surface area contributed by atoms with E-state index in [9.17, 15) is 0 Å². The lowest BCUT2D eigenvalue weighted by molar-refractivity contribution is 0.180. The zero-order chi connectivity index (χ0) is 7.98. The molecule has 0 spiro atoms. The Hall–Kier alpha value is 1.38. The van der Waals surface area contributed by atoms with Gasteiger partial charge in [-0.25, -0.2) is 0 Å². The summed E-state index contributed by atoms with van der Waals surface area (Å²) in [5.74, 6) is 0. The zero-order valence-corrected chi connectivity index (χ0v) is 10.1. The molecule has 0 fully saturated rings. The van der Waals surface area contributed by atoms with E-state index in [1.165, 1.54) is 17.3 Å². The summed E-state index contributed by atoms with van der Waals surface area (Å²) >= 11 is 4.55. The Morgan fingerprint density at radius 2 is 2.00 bits per heavy atom. The topological polar surface area (TPSA) is 46.2 Å². The molecule has 0 aromatic rings. The maximum Gasteiger partial charge on any atom is 0.114 e. The van der Waals surface area contributed by atoms with Gasteiger partial charge in [0.05, 0.1) is 3.92 Å². The van der Waals surface area contributed by atoms with Crippen molar-refractivity contribution in [1.82, 2.24) is 0 Å². The van der Waals surface area contributed by atoms with Crippen LogP contribution in [0.3, 0.4) is 0 Å². The number of aliphatic hydroxyl groups excluding tert-OH is 1. The molecule has 0 amide bonds. The Kier molecular flexibility index (Phi) is 8.03. The lowest BCUT2D eigenvalue weighted by atomic mass is 10.2. The van der Waals surface area contributed by atoms with Crippen molar-refractivity contribution >= 4 is 45.2 Å². The molecule has 4 heteroatoms. The van der Waals surface area contributed by atoms with Crippen molar-refractivity contribution in [2.24, 2.45) is 5.73 Å². The van der Waals surface area contributed by atoms with Crippen LogP contribution in [0.15, 0.2) is 0 Å². The molecule has 0 aromatic carbocycles. The van der Waals surface area contributed by atoms with Crippen LogP contribution in [0, 0.1) is 0 Å². The maximum atomic E-state index is 8.89. The van der Waals surface area contributed by atoms with Crippen molar-refractivity contribution < 1.29 is 5.11 Å². The van der Waals surface area contributed by atoms with Gasteiger partial charge in [0.1, 0.15) is 6.23 Å². The number of aliphatic hydroxyl groups is 1. The second-order valence-corrected chi connectivity index (χ2v) is 4.87. The van der Waals surface area contributed by atoms with Crippen molar-refractivity contribution in [1.29, 1.82) is 0 Å². The van der Waals surface area contributed by atoms with Crippen molar-refractivity contribution in [2.75, 3.05) is 4.43 Å². The average molecular weight is 369 g/mol. The number of rotatable bonds is 5. The van der Waals surface area contributed by atoms with Crippen LogP contribution in [0.4, 0.5) is 0 Å². The van der Waals surface area contributed by atoms with Gasteiger partial charge in [0.15, 0.2) is 0 Å². The molecule has 0 aliphatic carbocycles. The van der Waals surface area contributed by atoms with Crippen LogP contribution in [0.1, 0.15) is 19.3 Å². The Labute approximate surface area is 89.2 Å². The van der Waals surface area contributed by atoms with Crippen molar-refractivity contribution in [2.45, 2.75) is 29.4 Å². The summed E-state index contributed by atoms with van der Waals surface area (Å²) in [6.07, 6.45) is 2.79. The molecule has 3 N–H and O–H groups in total. The molecule has 62 valence electrons. The number of hydrogen-bond acceptors (Lipinski definition) is 2. The van der Waals surface area contributed by atoms with Crippen LogP contribution >= 0.6 is 45.2 Å². The summed E-state index contributed by atoms with van der Waals surface area (Å²) < 4.78 is 1.42. The van der Waals surface area contributed by atoms with Gasteiger partial charge in [-0.3, -0.25) is 0 Å². The number of nitrogens with two attached hydrogens (primary N) is 1. The standard InChI is InChI=1S/C6H13I2NO/c7-4-2-1-3-5(8)6(9)10/h5-6,10H,1-4,9H2. The number of alkyl halides is 2. The third kappa shape index (κ3) is 6.11. The van der Waals surface area contributed by atoms with E-state index >= 15 is 0 Å². The first kappa shape index (κ1) is 11.4. The highest BCUT2D eigenvalue weighted by atomic mass is 127. The number of unbranched alkanes of at least 4 members (excludes halogenated alkanes) is 1. The lowest BCUT2D eigenvalue weighted by Crippen LogP contribution is -2.29. The van der Waals surface area contributed by atoms with Crippen LogP contribution in [0.25, 0.3) is 0 Å². The minimum absolute atomic E-state index is 0.223. The molecule has 0 aromatic heterocycles. The van der Waals surface area contributed by atoms with Crippen LogP contribution in [0.5, 0.6) is 0 Å². The third-order valence-electron chi connectivity index (χ3n) is 1.23. The fourth-order valence-electron chi connectivity index (χ4n) is 0.605. The third-order valence-corrected chi connectivity index (χ3v) is 3.36. The van der Waals surface area contributed by atoms with Crippen molar-refractivity contribution in [3.8, 4) is 0 Å². The van der Waals surface area contributed by atoms with Gasteiger partial charge < -0.3 is 10.8 Å². The minimum Gasteiger partial charge on any atom is -0.378 e. The largest absolute Gasteiger partial charge is 0.378 e. The van der Waals surface area contributed by atoms with Gasteiger partial charge in [-0.2, -0.15) is 0 Å². The average Bonchev–Trinajstić information content (AvgIpc) is 1.88. The molecule has 2 nitrogen and oxygen atoms in total. The summed E-state index contributed by atoms with van der Waals surface area (Å²) in [6, 6.07) is 0. The van der Waals surface area contributed by atoms with Gasteiger partial charge in [0, 0.05) is 0 Å². The van der Waals surface area contributed by atoms with Gasteiger partial charge >= 0.3 is 0 Å². The molecule has 0 bridgehead atoms. The highest BCUT2D eigenvalue weighted by Crippen LogP contribution is 2.12. The van der Waals surface area contributed by atoms with Gasteiger partial charge in [-0.1, -0.05) is 51.6 Å². The SMILES string of the molecule is NC(O)C(I)CCCCI. The van der Waals surface area contributed by atoms with Crippen LogP contribution in [-0.4, -0.2) is 19.7 Å². The van der Waals surface area contributed by atoms with Gasteiger partial charge in [-0.05, 0) is 17.3 Å². The molecule has 0 aliphatic rings. The molecule has 0 aliphatic heterocycles. The fourth-order valence-corrected chi connectivity index (χ4v) is 1.58. The highest BCUT2D eigenvalue weighted by Gasteiger charge is 2.09. The van der Waals surface area contributed by atoms with Crippen molar-refractivity contribution in [3.63, 3.8) is 0 Å². The van der Waals surface area contributed by atoms with E-state index in [0.717, 1.165) is 6.42 Å². The van der Waals surface area contributed by atoms with E-state index in [1.807, 2.05) is 0 Å². The van der Waals surface area contributed by atoms with E-state index in [1.54, 1.807) is 0 Å². The number of halogens is 2. The fraction of sp³-hybridized carbons (Fsp3) is 1.00. The Bertz CT molecular complexity index is 80.1. The molecule has 2 unspecified atom stereocenters. The van der Waals surface area contributed by atoms with E-state index in [2.05, 4.69) is 45.2 Å². The van der Waals surface area contributed by atoms with E-state index in [4.69, 9.17) is 10.8 Å². The van der Waals surface area contributed by atoms with Crippen LogP contribution < -0.4 is 5.73 Å². The maximum absolute atomic E-state index is 8.89. The van der Waals surface area contributed by atoms with Crippen molar-refractivity contribution in [3.05, 3.63) is 0 Å². The first-order chi connectivity index (χ1) is 4.68. The van der Waals surface area contributed by atoms with E-state index in [-0.39, 0.29) is 3.92 Å². The normalized spacial score (nSPS) is 16.8. The zero-order valence-electron chi connectivity index (χ0n) is 5.76. The minimum atomic E-state index is -0.644. The number of hydrogen-bond donors (Lipinski definition) is 2. The molecule has 10 heavy (non-hydrogen) atoms. The molecular formula is C6H13I2NO. The monoisotopic (exact) mass is 369 g/mol. The molecule has 0 radical (unpaired) electrons. The molecule has 0 saturated carbocycles. The van der Waals surface area contributed by atoms with Crippen LogP contribution in [-0.2, 0) is 0 Å². The van der Waals surface area contributed by atoms with Gasteiger partial charge in [0.25, 0.3) is 0 Å². The quantitative estimate of drug-likeness (QED) is 0.335. The second kappa shape index (κ2) is 7.05. The summed E-state index contributed by atoms with van der Waals surface area (Å²) in [4.78, 5) is 0. The molecule has 2 atom stereocenters. The van der Waals surface area contributed by atoms with Gasteiger partial charge in [0.2, 0.25) is 0 Å². The lowest BCUT2D eigenvalue weighted by Gasteiger charge is -2.11. The molecule has 0 rings (SSSR count). The second-order valence-electron chi connectivity index (χ2n) is 2.19. The predicted octanol–water partition coefficient (Wildman–Crippen LogP) is 1.67. The Morgan fingerprint density at radius 1 is 1.40 bits per heavy atom. The highest BCUT2D eigenvalue weighted by molar-refractivity contribution is 14.1. The predicted molar refractivity (Wildman–Crippen MR) is 60.7 cm³/mol. The molecular weight excluding hydrogens is 356 g/mol. The van der Waals surface area contributed by atoms with Crippen LogP contribution in [0.2, 0.25) is 0 Å². The first-order valence-corrected chi connectivity index (χ1v) is 6.09. The Morgan fingerprint density at radius 3 is 2.40 bits per heavy atom. The Balaban J connectivity index is 3.13. The first-order valence-electron chi connectivity index (χ1n) is 3.32. The summed E-state index contributed by atoms with van der Waals surface area (Å²) in [5, 5.41) is 8.89. The smallest absolute Gasteiger partial charge is 0.114 e. The molecule has 0 heterocycles. The van der Waals surface area contributed by atoms with Gasteiger partial charge in [-0.15, -0.1) is 0 Å². The summed E-state index contributed by atoms with van der Waals surface area (Å²) in [6.45, 7) is 0. The molecule has 0 saturated heterocycles. The summed E-state index contributed by atoms with van der Waals surface area (Å²) in [7, 11) is 0.